The van der Waals surface area contributed by atoms with Crippen molar-refractivity contribution in [2.45, 2.75) is 6.92 Å². The monoisotopic (exact) mass is 249 g/mol. The van der Waals surface area contributed by atoms with E-state index in [1.807, 2.05) is 6.92 Å². The van der Waals surface area contributed by atoms with Crippen molar-refractivity contribution in [2.75, 3.05) is 30.3 Å². The Hall–Kier alpha value is -2.08. The summed E-state index contributed by atoms with van der Waals surface area (Å²) >= 11 is 0. The van der Waals surface area contributed by atoms with Gasteiger partial charge in [-0.2, -0.15) is 0 Å². The number of carbonyl (C=O) groups is 2. The molecular weight excluding hydrogens is 234 g/mol. The highest BCUT2D eigenvalue weighted by molar-refractivity contribution is 5.97. The molecule has 0 unspecified atom stereocenters. The standard InChI is InChI=1S/C12H15N3O3/c1-2-13-6-11(16)14-8-3-4-10-9(5-8)15-12(17)7-18-10/h3-5,13H,2,6-7H2,1H3,(H,14,16)(H,15,17). The number of benzene rings is 1. The zero-order chi connectivity index (χ0) is 13.0. The third-order valence-electron chi connectivity index (χ3n) is 2.43. The van der Waals surface area contributed by atoms with E-state index in [2.05, 4.69) is 16.0 Å². The number of hydrogen-bond acceptors (Lipinski definition) is 4. The van der Waals surface area contributed by atoms with Gasteiger partial charge in [0, 0.05) is 5.69 Å². The molecule has 2 amide bonds. The summed E-state index contributed by atoms with van der Waals surface area (Å²) in [5.41, 5.74) is 1.20. The Labute approximate surface area is 105 Å². The first-order valence-corrected chi connectivity index (χ1v) is 5.76. The molecule has 1 aliphatic heterocycles. The number of carbonyl (C=O) groups excluding carboxylic acids is 2. The average molecular weight is 249 g/mol. The van der Waals surface area contributed by atoms with Gasteiger partial charge in [-0.3, -0.25) is 9.59 Å². The molecule has 0 saturated heterocycles. The molecule has 3 N–H and O–H groups in total. The number of amides is 2. The summed E-state index contributed by atoms with van der Waals surface area (Å²) in [6.45, 7) is 2.95. The maximum atomic E-state index is 11.5. The summed E-state index contributed by atoms with van der Waals surface area (Å²) in [6.07, 6.45) is 0. The minimum absolute atomic E-state index is 0.0269. The molecule has 6 heteroatoms. The molecule has 2 rings (SSSR count). The number of rotatable bonds is 4. The Morgan fingerprint density at radius 1 is 1.50 bits per heavy atom. The summed E-state index contributed by atoms with van der Waals surface area (Å²) in [5.74, 6) is 0.290. The lowest BCUT2D eigenvalue weighted by Crippen LogP contribution is -2.28. The van der Waals surface area contributed by atoms with Crippen LogP contribution in [0.2, 0.25) is 0 Å². The minimum atomic E-state index is -0.196. The molecule has 0 aromatic heterocycles. The summed E-state index contributed by atoms with van der Waals surface area (Å²) in [6, 6.07) is 5.13. The smallest absolute Gasteiger partial charge is 0.262 e. The molecule has 0 radical (unpaired) electrons. The van der Waals surface area contributed by atoms with Crippen molar-refractivity contribution in [3.63, 3.8) is 0 Å². The van der Waals surface area contributed by atoms with E-state index in [1.54, 1.807) is 18.2 Å². The lowest BCUT2D eigenvalue weighted by Gasteiger charge is -2.18. The van der Waals surface area contributed by atoms with Gasteiger partial charge in [-0.15, -0.1) is 0 Å². The van der Waals surface area contributed by atoms with Crippen LogP contribution in [-0.2, 0) is 9.59 Å². The third-order valence-corrected chi connectivity index (χ3v) is 2.43. The Bertz CT molecular complexity index is 474. The molecule has 6 nitrogen and oxygen atoms in total. The largest absolute Gasteiger partial charge is 0.482 e. The van der Waals surface area contributed by atoms with Crippen LogP contribution in [0.3, 0.4) is 0 Å². The summed E-state index contributed by atoms with van der Waals surface area (Å²) in [5, 5.41) is 8.35. The third kappa shape index (κ3) is 2.98. The number of anilines is 2. The molecule has 0 fully saturated rings. The lowest BCUT2D eigenvalue weighted by atomic mass is 10.2. The molecule has 0 spiro atoms. The van der Waals surface area contributed by atoms with Crippen LogP contribution in [0.4, 0.5) is 11.4 Å². The Kier molecular flexibility index (Phi) is 3.78. The molecule has 1 aromatic rings. The van der Waals surface area contributed by atoms with Gasteiger partial charge in [-0.1, -0.05) is 6.92 Å². The van der Waals surface area contributed by atoms with E-state index in [1.165, 1.54) is 0 Å². The molecule has 0 aliphatic carbocycles. The average Bonchev–Trinajstić information content (AvgIpc) is 2.36. The van der Waals surface area contributed by atoms with E-state index in [4.69, 9.17) is 4.74 Å². The molecule has 1 aliphatic rings. The Morgan fingerprint density at radius 3 is 3.11 bits per heavy atom. The number of nitrogens with one attached hydrogen (secondary N) is 3. The first kappa shape index (κ1) is 12.4. The first-order chi connectivity index (χ1) is 8.69. The van der Waals surface area contributed by atoms with Gasteiger partial charge in [0.05, 0.1) is 12.2 Å². The van der Waals surface area contributed by atoms with Crippen LogP contribution < -0.4 is 20.7 Å². The number of hydrogen-bond donors (Lipinski definition) is 3. The second-order valence-corrected chi connectivity index (χ2v) is 3.88. The van der Waals surface area contributed by atoms with Crippen LogP contribution in [0, 0.1) is 0 Å². The van der Waals surface area contributed by atoms with Crippen molar-refractivity contribution >= 4 is 23.2 Å². The van der Waals surface area contributed by atoms with E-state index in [-0.39, 0.29) is 25.0 Å². The summed E-state index contributed by atoms with van der Waals surface area (Å²) in [4.78, 5) is 22.7. The highest BCUT2D eigenvalue weighted by atomic mass is 16.5. The van der Waals surface area contributed by atoms with E-state index in [0.717, 1.165) is 6.54 Å². The van der Waals surface area contributed by atoms with Crippen LogP contribution in [-0.4, -0.2) is 31.5 Å². The van der Waals surface area contributed by atoms with Gasteiger partial charge < -0.3 is 20.7 Å². The molecule has 0 bridgehead atoms. The second-order valence-electron chi connectivity index (χ2n) is 3.88. The van der Waals surface area contributed by atoms with Gasteiger partial charge in [0.25, 0.3) is 5.91 Å². The fourth-order valence-corrected chi connectivity index (χ4v) is 1.60. The maximum Gasteiger partial charge on any atom is 0.262 e. The van der Waals surface area contributed by atoms with Gasteiger partial charge in [-0.05, 0) is 24.7 Å². The van der Waals surface area contributed by atoms with Gasteiger partial charge >= 0.3 is 0 Å². The minimum Gasteiger partial charge on any atom is -0.482 e. The summed E-state index contributed by atoms with van der Waals surface area (Å²) in [7, 11) is 0. The van der Waals surface area contributed by atoms with Crippen molar-refractivity contribution < 1.29 is 14.3 Å². The number of ether oxygens (including phenoxy) is 1. The molecule has 18 heavy (non-hydrogen) atoms. The van der Waals surface area contributed by atoms with Gasteiger partial charge in [-0.25, -0.2) is 0 Å². The van der Waals surface area contributed by atoms with E-state index < -0.39 is 0 Å². The number of likely N-dealkylation sites (N-methyl/N-ethyl adjacent to an activating group) is 1. The van der Waals surface area contributed by atoms with Crippen LogP contribution in [0.1, 0.15) is 6.92 Å². The van der Waals surface area contributed by atoms with Gasteiger partial charge in [0.15, 0.2) is 6.61 Å². The van der Waals surface area contributed by atoms with Crippen molar-refractivity contribution in [3.05, 3.63) is 18.2 Å². The van der Waals surface area contributed by atoms with Crippen molar-refractivity contribution in [2.24, 2.45) is 0 Å². The predicted molar refractivity (Wildman–Crippen MR) is 67.7 cm³/mol. The topological polar surface area (TPSA) is 79.5 Å². The number of fused-ring (bicyclic) bond motifs is 1. The van der Waals surface area contributed by atoms with Crippen molar-refractivity contribution in [1.29, 1.82) is 0 Å². The molecule has 0 saturated carbocycles. The SMILES string of the molecule is CCNCC(=O)Nc1ccc2c(c1)NC(=O)CO2. The van der Waals surface area contributed by atoms with Crippen LogP contribution in [0.25, 0.3) is 0 Å². The van der Waals surface area contributed by atoms with E-state index in [0.29, 0.717) is 17.1 Å². The van der Waals surface area contributed by atoms with E-state index >= 15 is 0 Å². The van der Waals surface area contributed by atoms with E-state index in [9.17, 15) is 9.59 Å². The van der Waals surface area contributed by atoms with Crippen LogP contribution >= 0.6 is 0 Å². The fraction of sp³-hybridized carbons (Fsp3) is 0.333. The highest BCUT2D eigenvalue weighted by Gasteiger charge is 2.16. The second kappa shape index (κ2) is 5.50. The van der Waals surface area contributed by atoms with Crippen molar-refractivity contribution in [3.8, 4) is 5.75 Å². The van der Waals surface area contributed by atoms with Gasteiger partial charge in [0.1, 0.15) is 5.75 Å². The van der Waals surface area contributed by atoms with Crippen molar-refractivity contribution in [1.82, 2.24) is 5.32 Å². The predicted octanol–water partition coefficient (Wildman–Crippen LogP) is 0.565. The maximum absolute atomic E-state index is 11.5. The summed E-state index contributed by atoms with van der Waals surface area (Å²) < 4.78 is 5.22. The quantitative estimate of drug-likeness (QED) is 0.728. The van der Waals surface area contributed by atoms with Crippen LogP contribution in [0.15, 0.2) is 18.2 Å². The zero-order valence-corrected chi connectivity index (χ0v) is 10.1. The molecule has 1 heterocycles. The lowest BCUT2D eigenvalue weighted by molar-refractivity contribution is -0.118. The molecule has 0 atom stereocenters. The molecular formula is C12H15N3O3. The fourth-order valence-electron chi connectivity index (χ4n) is 1.60. The zero-order valence-electron chi connectivity index (χ0n) is 10.1. The van der Waals surface area contributed by atoms with Gasteiger partial charge in [0.2, 0.25) is 5.91 Å². The molecule has 96 valence electrons. The van der Waals surface area contributed by atoms with Crippen LogP contribution in [0.5, 0.6) is 5.75 Å². The Balaban J connectivity index is 2.04. The highest BCUT2D eigenvalue weighted by Crippen LogP contribution is 2.30. The normalized spacial score (nSPS) is 13.3. The Morgan fingerprint density at radius 2 is 2.33 bits per heavy atom. The molecule has 1 aromatic carbocycles. The first-order valence-electron chi connectivity index (χ1n) is 5.76.